The van der Waals surface area contributed by atoms with E-state index in [-0.39, 0.29) is 5.16 Å². The lowest BCUT2D eigenvalue weighted by molar-refractivity contribution is 1.12. The van der Waals surface area contributed by atoms with Crippen LogP contribution in [0.25, 0.3) is 0 Å². The lowest BCUT2D eigenvalue weighted by Crippen LogP contribution is -1.95. The van der Waals surface area contributed by atoms with Crippen LogP contribution in [0.15, 0.2) is 34.5 Å². The van der Waals surface area contributed by atoms with Gasteiger partial charge in [0.25, 0.3) is 0 Å². The molecule has 3 heteroatoms. The van der Waals surface area contributed by atoms with Gasteiger partial charge in [0.05, 0.1) is 0 Å². The fourth-order valence-electron chi connectivity index (χ4n) is 0.656. The molecule has 0 rings (SSSR count). The van der Waals surface area contributed by atoms with Crippen LogP contribution in [-0.2, 0) is 0 Å². The summed E-state index contributed by atoms with van der Waals surface area (Å²) in [5, 5.41) is 0.797. The van der Waals surface area contributed by atoms with Crippen molar-refractivity contribution in [3.05, 3.63) is 34.5 Å². The number of halogens is 2. The molecule has 0 saturated heterocycles. The molecule has 0 fully saturated rings. The van der Waals surface area contributed by atoms with Gasteiger partial charge in [0, 0.05) is 10.6 Å². The Kier molecular flexibility index (Phi) is 5.08. The van der Waals surface area contributed by atoms with Crippen molar-refractivity contribution in [1.82, 2.24) is 0 Å². The van der Waals surface area contributed by atoms with Crippen molar-refractivity contribution in [2.75, 3.05) is 0 Å². The average Bonchev–Trinajstić information content (AvgIpc) is 1.88. The summed E-state index contributed by atoms with van der Waals surface area (Å²) >= 11 is 11.4. The molecule has 0 radical (unpaired) electrons. The van der Waals surface area contributed by atoms with Gasteiger partial charge < -0.3 is 5.73 Å². The minimum Gasteiger partial charge on any atom is -0.389 e. The highest BCUT2D eigenvalue weighted by Crippen LogP contribution is 2.21. The van der Waals surface area contributed by atoms with E-state index in [1.807, 2.05) is 6.92 Å². The first-order valence-corrected chi connectivity index (χ1v) is 4.01. The Morgan fingerprint density at radius 1 is 1.55 bits per heavy atom. The third-order valence-corrected chi connectivity index (χ3v) is 1.78. The van der Waals surface area contributed by atoms with E-state index in [1.54, 1.807) is 12.2 Å². The maximum Gasteiger partial charge on any atom is 0.104 e. The zero-order valence-electron chi connectivity index (χ0n) is 6.40. The molecule has 0 heterocycles. The second kappa shape index (κ2) is 5.28. The van der Waals surface area contributed by atoms with Gasteiger partial charge in [-0.15, -0.1) is 0 Å². The summed E-state index contributed by atoms with van der Waals surface area (Å²) in [4.78, 5) is 0. The van der Waals surface area contributed by atoms with Crippen LogP contribution in [-0.4, -0.2) is 0 Å². The quantitative estimate of drug-likeness (QED) is 0.539. The molecule has 1 nitrogen and oxygen atoms in total. The van der Waals surface area contributed by atoms with E-state index in [2.05, 4.69) is 6.58 Å². The molecule has 0 amide bonds. The van der Waals surface area contributed by atoms with Gasteiger partial charge in [-0.1, -0.05) is 42.8 Å². The van der Waals surface area contributed by atoms with Gasteiger partial charge in [-0.25, -0.2) is 0 Å². The first kappa shape index (κ1) is 10.6. The van der Waals surface area contributed by atoms with Crippen LogP contribution in [0.1, 0.15) is 13.3 Å². The molecule has 0 unspecified atom stereocenters. The van der Waals surface area contributed by atoms with Gasteiger partial charge in [-0.05, 0) is 12.5 Å². The molecule has 0 aromatic rings. The number of allylic oxidation sites excluding steroid dienone is 4. The first-order valence-electron chi connectivity index (χ1n) is 3.26. The molecule has 0 bridgehead atoms. The Bertz CT molecular complexity index is 200. The van der Waals surface area contributed by atoms with Gasteiger partial charge in [0.1, 0.15) is 5.16 Å². The molecule has 0 aromatic heterocycles. The molecule has 0 aliphatic heterocycles. The van der Waals surface area contributed by atoms with Crippen molar-refractivity contribution >= 4 is 23.2 Å². The SMILES string of the molecule is C=C/C=C(Cl)\C(CC)=C(/N)Cl. The summed E-state index contributed by atoms with van der Waals surface area (Å²) in [7, 11) is 0. The van der Waals surface area contributed by atoms with Crippen LogP contribution in [0.5, 0.6) is 0 Å². The average molecular weight is 192 g/mol. The summed E-state index contributed by atoms with van der Waals surface area (Å²) in [5.74, 6) is 0. The van der Waals surface area contributed by atoms with E-state index < -0.39 is 0 Å². The van der Waals surface area contributed by atoms with Gasteiger partial charge in [0.2, 0.25) is 0 Å². The molecule has 0 aromatic carbocycles. The van der Waals surface area contributed by atoms with Crippen molar-refractivity contribution < 1.29 is 0 Å². The predicted molar refractivity (Wildman–Crippen MR) is 51.5 cm³/mol. The Hall–Kier alpha value is -0.400. The highest BCUT2D eigenvalue weighted by molar-refractivity contribution is 6.35. The van der Waals surface area contributed by atoms with Gasteiger partial charge in [0.15, 0.2) is 0 Å². The molecular weight excluding hydrogens is 181 g/mol. The second-order valence-electron chi connectivity index (χ2n) is 1.93. The molecule has 0 aliphatic rings. The zero-order chi connectivity index (χ0) is 8.85. The van der Waals surface area contributed by atoms with Gasteiger partial charge in [-0.3, -0.25) is 0 Å². The summed E-state index contributed by atoms with van der Waals surface area (Å²) in [6, 6.07) is 0. The third kappa shape index (κ3) is 3.49. The van der Waals surface area contributed by atoms with Crippen molar-refractivity contribution in [2.24, 2.45) is 5.73 Å². The summed E-state index contributed by atoms with van der Waals surface area (Å²) < 4.78 is 0. The lowest BCUT2D eigenvalue weighted by atomic mass is 10.2. The minimum absolute atomic E-state index is 0.246. The Morgan fingerprint density at radius 2 is 2.09 bits per heavy atom. The molecule has 2 N–H and O–H groups in total. The Balaban J connectivity index is 4.66. The summed E-state index contributed by atoms with van der Waals surface area (Å²) in [5.41, 5.74) is 6.12. The van der Waals surface area contributed by atoms with E-state index in [9.17, 15) is 0 Å². The zero-order valence-corrected chi connectivity index (χ0v) is 7.91. The van der Waals surface area contributed by atoms with Crippen molar-refractivity contribution in [3.63, 3.8) is 0 Å². The fourth-order valence-corrected chi connectivity index (χ4v) is 1.26. The van der Waals surface area contributed by atoms with E-state index >= 15 is 0 Å². The number of hydrogen-bond donors (Lipinski definition) is 1. The maximum absolute atomic E-state index is 5.81. The molecule has 0 spiro atoms. The van der Waals surface area contributed by atoms with Crippen LogP contribution in [0, 0.1) is 0 Å². The van der Waals surface area contributed by atoms with Crippen LogP contribution in [0.4, 0.5) is 0 Å². The fraction of sp³-hybridized carbons (Fsp3) is 0.250. The number of rotatable bonds is 3. The maximum atomic E-state index is 5.81. The molecule has 62 valence electrons. The molecule has 0 atom stereocenters. The monoisotopic (exact) mass is 191 g/mol. The van der Waals surface area contributed by atoms with Crippen LogP contribution >= 0.6 is 23.2 Å². The number of hydrogen-bond acceptors (Lipinski definition) is 1. The topological polar surface area (TPSA) is 26.0 Å². The molecule has 0 aliphatic carbocycles. The summed E-state index contributed by atoms with van der Waals surface area (Å²) in [6.07, 6.45) is 3.98. The van der Waals surface area contributed by atoms with Gasteiger partial charge in [-0.2, -0.15) is 0 Å². The van der Waals surface area contributed by atoms with Crippen LogP contribution in [0.2, 0.25) is 0 Å². The van der Waals surface area contributed by atoms with E-state index in [0.29, 0.717) is 5.03 Å². The highest BCUT2D eigenvalue weighted by Gasteiger charge is 2.02. The van der Waals surface area contributed by atoms with Crippen molar-refractivity contribution in [3.8, 4) is 0 Å². The third-order valence-electron chi connectivity index (χ3n) is 1.19. The van der Waals surface area contributed by atoms with Crippen molar-refractivity contribution in [2.45, 2.75) is 13.3 Å². The Morgan fingerprint density at radius 3 is 2.36 bits per heavy atom. The normalized spacial score (nSPS) is 14.3. The Labute approximate surface area is 77.2 Å². The lowest BCUT2D eigenvalue weighted by Gasteiger charge is -2.02. The standard InChI is InChI=1S/C8H11Cl2N/c1-3-5-7(9)6(4-2)8(10)11/h3,5H,1,4,11H2,2H3/b7-5+,8-6-. The van der Waals surface area contributed by atoms with Gasteiger partial charge >= 0.3 is 0 Å². The molecule has 0 saturated carbocycles. The second-order valence-corrected chi connectivity index (χ2v) is 2.74. The first-order chi connectivity index (χ1) is 5.13. The van der Waals surface area contributed by atoms with Crippen molar-refractivity contribution in [1.29, 1.82) is 0 Å². The van der Waals surface area contributed by atoms with E-state index in [4.69, 9.17) is 28.9 Å². The highest BCUT2D eigenvalue weighted by atomic mass is 35.5. The predicted octanol–water partition coefficient (Wildman–Crippen LogP) is 3.11. The van der Waals surface area contributed by atoms with Crippen LogP contribution < -0.4 is 5.73 Å². The largest absolute Gasteiger partial charge is 0.389 e. The smallest absolute Gasteiger partial charge is 0.104 e. The summed E-state index contributed by atoms with van der Waals surface area (Å²) in [6.45, 7) is 5.44. The molecule has 11 heavy (non-hydrogen) atoms. The number of nitrogens with two attached hydrogens (primary N) is 1. The van der Waals surface area contributed by atoms with Crippen LogP contribution in [0.3, 0.4) is 0 Å². The van der Waals surface area contributed by atoms with E-state index in [0.717, 1.165) is 12.0 Å². The minimum atomic E-state index is 0.246. The van der Waals surface area contributed by atoms with E-state index in [1.165, 1.54) is 0 Å². The molecular formula is C8H11Cl2N.